The van der Waals surface area contributed by atoms with Crippen LogP contribution in [0.1, 0.15) is 26.3 Å². The molecule has 1 aromatic heterocycles. The van der Waals surface area contributed by atoms with Crippen LogP contribution >= 0.6 is 43.2 Å². The summed E-state index contributed by atoms with van der Waals surface area (Å²) in [5, 5.41) is 11.8. The van der Waals surface area contributed by atoms with E-state index in [1.807, 2.05) is 0 Å². The van der Waals surface area contributed by atoms with Crippen LogP contribution in [-0.4, -0.2) is 17.0 Å². The lowest BCUT2D eigenvalue weighted by molar-refractivity contribution is 0.0698. The zero-order valence-corrected chi connectivity index (χ0v) is 14.2. The number of carboxylic acids is 1. The summed E-state index contributed by atoms with van der Waals surface area (Å²) in [6.45, 7) is 1.80. The molecule has 0 spiro atoms. The average Bonchev–Trinajstić information content (AvgIpc) is 2.70. The Balaban J connectivity index is 2.33. The lowest BCUT2D eigenvalue weighted by Crippen LogP contribution is -2.14. The lowest BCUT2D eigenvalue weighted by atomic mass is 10.1. The normalized spacial score (nSPS) is 10.3. The van der Waals surface area contributed by atoms with E-state index in [9.17, 15) is 9.59 Å². The number of carboxylic acid groups (broad SMARTS) is 1. The molecule has 0 aliphatic carbocycles. The standard InChI is InChI=1S/C13H9Br2NO3S/c1-6-2-3-9(7(4-6)13(18)19)16-12(17)8-5-10(14)20-11(8)15/h2-5H,1H3,(H,16,17)(H,18,19). The molecule has 0 bridgehead atoms. The first-order valence-corrected chi connectivity index (χ1v) is 7.89. The van der Waals surface area contributed by atoms with Crippen molar-refractivity contribution in [3.8, 4) is 0 Å². The smallest absolute Gasteiger partial charge is 0.337 e. The van der Waals surface area contributed by atoms with Crippen molar-refractivity contribution in [2.45, 2.75) is 6.92 Å². The van der Waals surface area contributed by atoms with Gasteiger partial charge in [-0.3, -0.25) is 4.79 Å². The van der Waals surface area contributed by atoms with Crippen LogP contribution in [-0.2, 0) is 0 Å². The number of anilines is 1. The summed E-state index contributed by atoms with van der Waals surface area (Å²) < 4.78 is 1.50. The molecule has 0 atom stereocenters. The SMILES string of the molecule is Cc1ccc(NC(=O)c2cc(Br)sc2Br)c(C(=O)O)c1. The Morgan fingerprint density at radius 2 is 1.90 bits per heavy atom. The van der Waals surface area contributed by atoms with Crippen molar-refractivity contribution in [3.05, 3.63) is 48.5 Å². The Hall–Kier alpha value is -1.18. The van der Waals surface area contributed by atoms with E-state index < -0.39 is 5.97 Å². The molecule has 1 amide bonds. The maximum Gasteiger partial charge on any atom is 0.337 e. The third kappa shape index (κ3) is 3.28. The maximum absolute atomic E-state index is 12.2. The molecule has 104 valence electrons. The molecule has 1 heterocycles. The van der Waals surface area contributed by atoms with Crippen LogP contribution < -0.4 is 5.32 Å². The van der Waals surface area contributed by atoms with E-state index in [1.165, 1.54) is 17.4 Å². The van der Waals surface area contributed by atoms with E-state index >= 15 is 0 Å². The van der Waals surface area contributed by atoms with Crippen molar-refractivity contribution in [1.29, 1.82) is 0 Å². The van der Waals surface area contributed by atoms with Crippen molar-refractivity contribution in [3.63, 3.8) is 0 Å². The molecule has 1 aromatic carbocycles. The summed E-state index contributed by atoms with van der Waals surface area (Å²) in [7, 11) is 0. The molecule has 0 saturated heterocycles. The van der Waals surface area contributed by atoms with Gasteiger partial charge in [-0.05, 0) is 57.0 Å². The monoisotopic (exact) mass is 417 g/mol. The van der Waals surface area contributed by atoms with Crippen molar-refractivity contribution < 1.29 is 14.7 Å². The van der Waals surface area contributed by atoms with E-state index in [1.54, 1.807) is 25.1 Å². The molecule has 0 unspecified atom stereocenters. The predicted molar refractivity (Wildman–Crippen MR) is 85.8 cm³/mol. The number of rotatable bonds is 3. The number of hydrogen-bond acceptors (Lipinski definition) is 3. The van der Waals surface area contributed by atoms with Crippen molar-refractivity contribution >= 4 is 60.8 Å². The molecule has 2 aromatic rings. The molecule has 0 radical (unpaired) electrons. The van der Waals surface area contributed by atoms with Gasteiger partial charge in [0.15, 0.2) is 0 Å². The summed E-state index contributed by atoms with van der Waals surface area (Å²) >= 11 is 7.98. The van der Waals surface area contributed by atoms with Gasteiger partial charge < -0.3 is 10.4 Å². The highest BCUT2D eigenvalue weighted by atomic mass is 79.9. The number of carbonyl (C=O) groups is 2. The number of aryl methyl sites for hydroxylation is 1. The second kappa shape index (κ2) is 6.07. The van der Waals surface area contributed by atoms with E-state index in [0.29, 0.717) is 9.35 Å². The maximum atomic E-state index is 12.2. The van der Waals surface area contributed by atoms with Crippen LogP contribution in [0.2, 0.25) is 0 Å². The number of thiophene rings is 1. The summed E-state index contributed by atoms with van der Waals surface area (Å²) in [6, 6.07) is 6.54. The summed E-state index contributed by atoms with van der Waals surface area (Å²) in [5.74, 6) is -1.43. The largest absolute Gasteiger partial charge is 0.478 e. The van der Waals surface area contributed by atoms with Crippen LogP contribution in [0.25, 0.3) is 0 Å². The van der Waals surface area contributed by atoms with Gasteiger partial charge in [0.05, 0.1) is 24.4 Å². The van der Waals surface area contributed by atoms with Crippen molar-refractivity contribution in [2.24, 2.45) is 0 Å². The van der Waals surface area contributed by atoms with Crippen molar-refractivity contribution in [2.75, 3.05) is 5.32 Å². The van der Waals surface area contributed by atoms with Crippen molar-refractivity contribution in [1.82, 2.24) is 0 Å². The quantitative estimate of drug-likeness (QED) is 0.769. The second-order valence-corrected chi connectivity index (χ2v) is 7.80. The fourth-order valence-corrected chi connectivity index (χ4v) is 4.42. The number of aromatic carboxylic acids is 1. The first-order valence-electron chi connectivity index (χ1n) is 5.48. The van der Waals surface area contributed by atoms with E-state index in [-0.39, 0.29) is 17.2 Å². The molecule has 0 aliphatic heterocycles. The fourth-order valence-electron chi connectivity index (χ4n) is 1.63. The molecule has 2 N–H and O–H groups in total. The third-order valence-electron chi connectivity index (χ3n) is 2.55. The Morgan fingerprint density at radius 1 is 1.20 bits per heavy atom. The van der Waals surface area contributed by atoms with Gasteiger partial charge in [-0.1, -0.05) is 11.6 Å². The average molecular weight is 419 g/mol. The van der Waals surface area contributed by atoms with E-state index in [4.69, 9.17) is 5.11 Å². The minimum absolute atomic E-state index is 0.0729. The molecule has 0 saturated carbocycles. The van der Waals surface area contributed by atoms with Crippen LogP contribution in [0.5, 0.6) is 0 Å². The second-order valence-electron chi connectivity index (χ2n) is 4.05. The van der Waals surface area contributed by atoms with Crippen LogP contribution in [0.3, 0.4) is 0 Å². The minimum Gasteiger partial charge on any atom is -0.478 e. The van der Waals surface area contributed by atoms with Gasteiger partial charge in [-0.15, -0.1) is 11.3 Å². The Labute approximate surface area is 136 Å². The molecular weight excluding hydrogens is 410 g/mol. The summed E-state index contributed by atoms with van der Waals surface area (Å²) in [6.07, 6.45) is 0. The van der Waals surface area contributed by atoms with E-state index in [0.717, 1.165) is 9.35 Å². The number of benzene rings is 1. The zero-order chi connectivity index (χ0) is 14.9. The molecule has 20 heavy (non-hydrogen) atoms. The van der Waals surface area contributed by atoms with Crippen LogP contribution in [0.15, 0.2) is 31.8 Å². The molecule has 0 fully saturated rings. The first kappa shape index (κ1) is 15.2. The number of nitrogens with one attached hydrogen (secondary N) is 1. The first-order chi connectivity index (χ1) is 9.38. The van der Waals surface area contributed by atoms with E-state index in [2.05, 4.69) is 37.2 Å². The highest BCUT2D eigenvalue weighted by Gasteiger charge is 2.17. The van der Waals surface area contributed by atoms with Crippen LogP contribution in [0, 0.1) is 6.92 Å². The highest BCUT2D eigenvalue weighted by molar-refractivity contribution is 9.12. The summed E-state index contributed by atoms with van der Waals surface area (Å²) in [5.41, 5.74) is 1.63. The molecule has 7 heteroatoms. The highest BCUT2D eigenvalue weighted by Crippen LogP contribution is 2.32. The Bertz CT molecular complexity index is 697. The Kier molecular flexibility index (Phi) is 4.62. The fraction of sp³-hybridized carbons (Fsp3) is 0.0769. The number of halogens is 2. The van der Waals surface area contributed by atoms with Gasteiger partial charge in [-0.25, -0.2) is 4.79 Å². The van der Waals surface area contributed by atoms with Gasteiger partial charge >= 0.3 is 5.97 Å². The predicted octanol–water partition coefficient (Wildman–Crippen LogP) is 4.53. The molecular formula is C13H9Br2NO3S. The van der Waals surface area contributed by atoms with Crippen LogP contribution in [0.4, 0.5) is 5.69 Å². The number of hydrogen-bond donors (Lipinski definition) is 2. The zero-order valence-electron chi connectivity index (χ0n) is 10.2. The van der Waals surface area contributed by atoms with Gasteiger partial charge in [0.25, 0.3) is 5.91 Å². The number of amides is 1. The number of carbonyl (C=O) groups excluding carboxylic acids is 1. The molecule has 2 rings (SSSR count). The van der Waals surface area contributed by atoms with Gasteiger partial charge in [-0.2, -0.15) is 0 Å². The Morgan fingerprint density at radius 3 is 2.45 bits per heavy atom. The molecule has 4 nitrogen and oxygen atoms in total. The minimum atomic E-state index is -1.07. The van der Waals surface area contributed by atoms with Gasteiger partial charge in [0.2, 0.25) is 0 Å². The van der Waals surface area contributed by atoms with Gasteiger partial charge in [0.1, 0.15) is 0 Å². The summed E-state index contributed by atoms with van der Waals surface area (Å²) in [4.78, 5) is 23.4. The molecule has 0 aliphatic rings. The topological polar surface area (TPSA) is 66.4 Å². The third-order valence-corrected chi connectivity index (χ3v) is 4.89. The van der Waals surface area contributed by atoms with Gasteiger partial charge in [0, 0.05) is 0 Å². The lowest BCUT2D eigenvalue weighted by Gasteiger charge is -2.08.